The number of nitrogens with two attached hydrogens (primary N) is 1. The molecule has 0 saturated heterocycles. The normalized spacial score (nSPS) is 9.90. The van der Waals surface area contributed by atoms with E-state index < -0.39 is 14.2 Å². The molecule has 0 aromatic carbocycles. The molecule has 0 aromatic heterocycles. The van der Waals surface area contributed by atoms with Crippen molar-refractivity contribution in [1.29, 1.82) is 0 Å². The minimum absolute atomic E-state index is 0.0694. The van der Waals surface area contributed by atoms with Gasteiger partial charge in [-0.3, -0.25) is 11.3 Å². The van der Waals surface area contributed by atoms with Gasteiger partial charge in [-0.25, -0.2) is 0 Å². The van der Waals surface area contributed by atoms with Crippen LogP contribution in [0.3, 0.4) is 0 Å². The molecule has 0 heterocycles. The van der Waals surface area contributed by atoms with Gasteiger partial charge in [-0.1, -0.05) is 0 Å². The fraction of sp³-hybridized carbons (Fsp3) is 1.00. The van der Waals surface area contributed by atoms with Crippen molar-refractivity contribution in [2.24, 2.45) is 5.84 Å². The third-order valence-corrected chi connectivity index (χ3v) is 0.433. The van der Waals surface area contributed by atoms with Gasteiger partial charge in [0.2, 0.25) is 0 Å². The van der Waals surface area contributed by atoms with Crippen LogP contribution >= 0.6 is 19.3 Å². The van der Waals surface area contributed by atoms with E-state index in [1.54, 1.807) is 0 Å². The second-order valence-corrected chi connectivity index (χ2v) is 13.1. The molecule has 0 rings (SSSR count). The van der Waals surface area contributed by atoms with Gasteiger partial charge in [0.1, 0.15) is 0 Å². The van der Waals surface area contributed by atoms with Crippen LogP contribution in [0.5, 0.6) is 0 Å². The molecule has 0 aromatic rings. The molecule has 5 heteroatoms. The van der Waals surface area contributed by atoms with Gasteiger partial charge in [-0.15, -0.1) is 0 Å². The van der Waals surface area contributed by atoms with Crippen LogP contribution in [0.2, 0.25) is 5.48 Å². The summed E-state index contributed by atoms with van der Waals surface area (Å²) in [5, 5.41) is 0. The van der Waals surface area contributed by atoms with Crippen LogP contribution in [0.4, 0.5) is 0 Å². The molecule has 0 atom stereocenters. The SMILES string of the molecule is CC(C)(C)NN.[CH3][Ga]([Cl])[Cl]. The molecule has 2 nitrogen and oxygen atoms in total. The summed E-state index contributed by atoms with van der Waals surface area (Å²) in [5.74, 6) is 5.06. The van der Waals surface area contributed by atoms with E-state index in [0.29, 0.717) is 0 Å². The molecule has 0 aliphatic heterocycles. The van der Waals surface area contributed by atoms with Crippen LogP contribution < -0.4 is 11.3 Å². The van der Waals surface area contributed by atoms with Crippen molar-refractivity contribution >= 4 is 33.5 Å². The van der Waals surface area contributed by atoms with Gasteiger partial charge in [0, 0.05) is 5.54 Å². The number of hydrogen-bond acceptors (Lipinski definition) is 2. The molecule has 0 aliphatic rings. The Kier molecular flexibility index (Phi) is 9.35. The van der Waals surface area contributed by atoms with Gasteiger partial charge in [0.25, 0.3) is 0 Å². The maximum absolute atomic E-state index is 5.23. The standard InChI is InChI=1S/C4H12N2.CH3.2ClH.Ga/c1-4(2,3)6-5;;;;/h6H,5H2,1-3H3;1H3;2*1H;/q;;;;+2/p-2. The number of rotatable bonds is 0. The molecule has 3 N–H and O–H groups in total. The van der Waals surface area contributed by atoms with Crippen molar-refractivity contribution < 1.29 is 0 Å². The molecular formula is C5H15Cl2GaN2. The first-order chi connectivity index (χ1) is 4.29. The van der Waals surface area contributed by atoms with Gasteiger partial charge in [0.05, 0.1) is 0 Å². The van der Waals surface area contributed by atoms with Crippen LogP contribution in [-0.4, -0.2) is 19.8 Å². The fourth-order valence-electron chi connectivity index (χ4n) is 0. The molecule has 0 amide bonds. The average Bonchev–Trinajstić information content (AvgIpc) is 1.63. The maximum atomic E-state index is 5.23. The van der Waals surface area contributed by atoms with Gasteiger partial charge >= 0.3 is 39.0 Å². The Morgan fingerprint density at radius 1 is 1.30 bits per heavy atom. The Morgan fingerprint density at radius 2 is 1.40 bits per heavy atom. The first kappa shape index (κ1) is 13.7. The van der Waals surface area contributed by atoms with Crippen LogP contribution in [-0.2, 0) is 0 Å². The number of hydrogen-bond donors (Lipinski definition) is 2. The van der Waals surface area contributed by atoms with E-state index in [0.717, 1.165) is 0 Å². The van der Waals surface area contributed by atoms with Crippen LogP contribution in [0.25, 0.3) is 0 Å². The molecule has 10 heavy (non-hydrogen) atoms. The first-order valence-electron chi connectivity index (χ1n) is 3.05. The molecule has 0 radical (unpaired) electrons. The zero-order chi connectivity index (χ0) is 8.78. The van der Waals surface area contributed by atoms with Crippen molar-refractivity contribution in [2.45, 2.75) is 31.8 Å². The molecule has 0 unspecified atom stereocenters. The van der Waals surface area contributed by atoms with E-state index in [2.05, 4.69) is 5.43 Å². The third kappa shape index (κ3) is 35.4. The summed E-state index contributed by atoms with van der Waals surface area (Å²) < 4.78 is 0. The van der Waals surface area contributed by atoms with Crippen molar-refractivity contribution in [3.8, 4) is 0 Å². The number of nitrogens with one attached hydrogen (secondary N) is 1. The van der Waals surface area contributed by atoms with E-state index in [4.69, 9.17) is 25.1 Å². The van der Waals surface area contributed by atoms with Crippen LogP contribution in [0.1, 0.15) is 20.8 Å². The second-order valence-electron chi connectivity index (χ2n) is 2.91. The summed E-state index contributed by atoms with van der Waals surface area (Å²) in [6.07, 6.45) is 0. The van der Waals surface area contributed by atoms with Crippen molar-refractivity contribution in [1.82, 2.24) is 5.43 Å². The molecule has 0 bridgehead atoms. The zero-order valence-electron chi connectivity index (χ0n) is 6.91. The monoisotopic (exact) mass is 242 g/mol. The van der Waals surface area contributed by atoms with Gasteiger partial charge < -0.3 is 0 Å². The Hall–Kier alpha value is 1.14. The number of halogens is 2. The molecule has 62 valence electrons. The van der Waals surface area contributed by atoms with Crippen molar-refractivity contribution in [2.75, 3.05) is 0 Å². The summed E-state index contributed by atoms with van der Waals surface area (Å²) in [7, 11) is 10.5. The third-order valence-electron chi connectivity index (χ3n) is 0.433. The summed E-state index contributed by atoms with van der Waals surface area (Å²) in [6, 6.07) is 0. The molecule has 0 spiro atoms. The molecular weight excluding hydrogens is 229 g/mol. The Morgan fingerprint density at radius 3 is 1.40 bits per heavy atom. The minimum atomic E-state index is -1.53. The summed E-state index contributed by atoms with van der Waals surface area (Å²) in [4.78, 5) is 0. The van der Waals surface area contributed by atoms with E-state index in [-0.39, 0.29) is 5.54 Å². The van der Waals surface area contributed by atoms with Crippen LogP contribution in [0.15, 0.2) is 0 Å². The van der Waals surface area contributed by atoms with Gasteiger partial charge in [-0.05, 0) is 20.8 Å². The quantitative estimate of drug-likeness (QED) is 0.387. The van der Waals surface area contributed by atoms with E-state index in [1.165, 1.54) is 0 Å². The van der Waals surface area contributed by atoms with E-state index >= 15 is 0 Å². The fourth-order valence-corrected chi connectivity index (χ4v) is 0. The first-order valence-corrected chi connectivity index (χ1v) is 11.8. The summed E-state index contributed by atoms with van der Waals surface area (Å²) in [5.41, 5.74) is 4.56. The van der Waals surface area contributed by atoms with E-state index in [9.17, 15) is 0 Å². The predicted octanol–water partition coefficient (Wildman–Crippen LogP) is 1.83. The second kappa shape index (κ2) is 6.82. The summed E-state index contributed by atoms with van der Waals surface area (Å²) >= 11 is -1.53. The Bertz CT molecular complexity index is 69.8. The predicted molar refractivity (Wildman–Crippen MR) is 50.4 cm³/mol. The summed E-state index contributed by atoms with van der Waals surface area (Å²) in [6.45, 7) is 6.02. The van der Waals surface area contributed by atoms with Gasteiger partial charge in [0.15, 0.2) is 0 Å². The van der Waals surface area contributed by atoms with Crippen molar-refractivity contribution in [3.05, 3.63) is 0 Å². The van der Waals surface area contributed by atoms with Crippen LogP contribution in [0, 0.1) is 0 Å². The Balaban J connectivity index is 0. The van der Waals surface area contributed by atoms with Gasteiger partial charge in [-0.2, -0.15) is 0 Å². The molecule has 0 aliphatic carbocycles. The Labute approximate surface area is 76.5 Å². The zero-order valence-corrected chi connectivity index (χ0v) is 10.8. The van der Waals surface area contributed by atoms with Crippen molar-refractivity contribution in [3.63, 3.8) is 0 Å². The topological polar surface area (TPSA) is 38.0 Å². The van der Waals surface area contributed by atoms with E-state index in [1.807, 2.05) is 26.2 Å². The number of hydrazine groups is 1. The molecule has 0 fully saturated rings. The average molecular weight is 244 g/mol. The molecule has 0 saturated carbocycles.